The number of hydrogen-bond acceptors (Lipinski definition) is 2. The Morgan fingerprint density at radius 1 is 1.25 bits per heavy atom. The molecule has 3 unspecified atom stereocenters. The summed E-state index contributed by atoms with van der Waals surface area (Å²) in [6.07, 6.45) is 5.29. The summed E-state index contributed by atoms with van der Waals surface area (Å²) >= 11 is 0. The van der Waals surface area contributed by atoms with E-state index < -0.39 is 15.4 Å². The van der Waals surface area contributed by atoms with Gasteiger partial charge in [-0.2, -0.15) is 13.2 Å². The summed E-state index contributed by atoms with van der Waals surface area (Å²) in [4.78, 5) is 3.06. The van der Waals surface area contributed by atoms with E-state index in [-0.39, 0.29) is 11.6 Å². The van der Waals surface area contributed by atoms with Gasteiger partial charge >= 0.3 is 0 Å². The fourth-order valence-corrected chi connectivity index (χ4v) is 4.52. The Morgan fingerprint density at radius 3 is 2.56 bits per heavy atom. The largest absolute Gasteiger partial charge is 0.362 e. The number of rotatable bonds is 1. The Bertz CT molecular complexity index is 425. The molecule has 0 aromatic heterocycles. The van der Waals surface area contributed by atoms with Crippen molar-refractivity contribution in [2.45, 2.75) is 43.8 Å². The van der Waals surface area contributed by atoms with Crippen LogP contribution in [0.3, 0.4) is 0 Å². The molecule has 2 aliphatic carbocycles. The minimum absolute atomic E-state index is 0.0663. The lowest BCUT2D eigenvalue weighted by atomic mass is 9.70. The molecule has 3 atom stereocenters. The van der Waals surface area contributed by atoms with Gasteiger partial charge in [0, 0.05) is 6.42 Å². The van der Waals surface area contributed by atoms with E-state index in [4.69, 9.17) is 5.53 Å². The number of hydrogen-bond donors (Lipinski definition) is 1. The Morgan fingerprint density at radius 2 is 1.94 bits per heavy atom. The van der Waals surface area contributed by atoms with Gasteiger partial charge in [0.05, 0.1) is 0 Å². The lowest BCUT2D eigenvalue weighted by Gasteiger charge is -2.37. The molecule has 2 fully saturated rings. The summed E-state index contributed by atoms with van der Waals surface area (Å²) in [5, 5.41) is -0.975. The van der Waals surface area contributed by atoms with Crippen LogP contribution in [0.15, 0.2) is 0 Å². The van der Waals surface area contributed by atoms with Crippen molar-refractivity contribution in [2.24, 2.45) is 11.8 Å². The van der Waals surface area contributed by atoms with Gasteiger partial charge in [0.25, 0.3) is 15.8 Å². The summed E-state index contributed by atoms with van der Waals surface area (Å²) in [6, 6.07) is 0. The molecule has 0 aromatic rings. The Kier molecular flexibility index (Phi) is 3.15. The van der Waals surface area contributed by atoms with Crippen molar-refractivity contribution < 1.29 is 17.8 Å². The zero-order valence-corrected chi connectivity index (χ0v) is 9.86. The molecule has 0 heterocycles. The first kappa shape index (κ1) is 11.8. The third kappa shape index (κ3) is 2.05. The van der Waals surface area contributed by atoms with Gasteiger partial charge in [-0.15, -0.1) is 0 Å². The van der Waals surface area contributed by atoms with Crippen molar-refractivity contribution in [3.05, 3.63) is 5.53 Å². The highest BCUT2D eigenvalue weighted by Crippen LogP contribution is 2.41. The van der Waals surface area contributed by atoms with E-state index in [2.05, 4.69) is 4.79 Å². The second-order valence-electron chi connectivity index (χ2n) is 4.77. The van der Waals surface area contributed by atoms with Gasteiger partial charge in [0.15, 0.2) is 5.25 Å². The van der Waals surface area contributed by atoms with E-state index in [1.807, 2.05) is 0 Å². The monoisotopic (exact) mass is 244 g/mol. The molecule has 5 nitrogen and oxygen atoms in total. The highest BCUT2D eigenvalue weighted by molar-refractivity contribution is 7.87. The molecular weight excluding hydrogens is 228 g/mol. The maximum atomic E-state index is 11.4. The average Bonchev–Trinajstić information content (AvgIpc) is 2.26. The van der Waals surface area contributed by atoms with E-state index in [9.17, 15) is 13.0 Å². The van der Waals surface area contributed by atoms with Crippen LogP contribution in [0.2, 0.25) is 0 Å². The first-order valence-corrected chi connectivity index (χ1v) is 7.21. The van der Waals surface area contributed by atoms with Crippen molar-refractivity contribution in [3.63, 3.8) is 0 Å². The Balaban J connectivity index is 2.36. The normalized spacial score (nSPS) is 35.3. The van der Waals surface area contributed by atoms with E-state index in [1.54, 1.807) is 0 Å². The summed E-state index contributed by atoms with van der Waals surface area (Å²) in [7, 11) is -4.15. The second-order valence-corrected chi connectivity index (χ2v) is 6.31. The summed E-state index contributed by atoms with van der Waals surface area (Å²) in [5.41, 5.74) is 9.05. The van der Waals surface area contributed by atoms with Gasteiger partial charge in [0.2, 0.25) is 0 Å². The molecule has 0 amide bonds. The molecule has 16 heavy (non-hydrogen) atoms. The fraction of sp³-hybridized carbons (Fsp3) is 0.900. The smallest absolute Gasteiger partial charge is 0.289 e. The van der Waals surface area contributed by atoms with Gasteiger partial charge in [0.1, 0.15) is 0 Å². The van der Waals surface area contributed by atoms with Crippen LogP contribution in [0.4, 0.5) is 0 Å². The zero-order chi connectivity index (χ0) is 11.8. The van der Waals surface area contributed by atoms with E-state index >= 15 is 0 Å². The SMILES string of the molecule is [N-]=[N+]=C1CCC2CCCCC2C1S(=O)(=O)O. The van der Waals surface area contributed by atoms with Crippen LogP contribution >= 0.6 is 0 Å². The van der Waals surface area contributed by atoms with Gasteiger partial charge in [-0.25, -0.2) is 0 Å². The van der Waals surface area contributed by atoms with Crippen molar-refractivity contribution in [3.8, 4) is 0 Å². The first-order chi connectivity index (χ1) is 7.54. The summed E-state index contributed by atoms with van der Waals surface area (Å²) in [6.45, 7) is 0. The van der Waals surface area contributed by atoms with Crippen LogP contribution in [0.5, 0.6) is 0 Å². The molecule has 90 valence electrons. The van der Waals surface area contributed by atoms with Crippen molar-refractivity contribution in [1.82, 2.24) is 0 Å². The summed E-state index contributed by atoms with van der Waals surface area (Å²) < 4.78 is 32.0. The molecular formula is C10H16N2O3S. The zero-order valence-electron chi connectivity index (χ0n) is 9.04. The standard InChI is InChI=1S/C10H16N2O3S/c11-12-9-6-5-7-3-1-2-4-8(7)10(9)16(13,14)15/h7-8,10H,1-6H2,(H,13,14,15). The molecule has 0 bridgehead atoms. The highest BCUT2D eigenvalue weighted by Gasteiger charge is 2.49. The topological polar surface area (TPSA) is 90.8 Å². The number of nitrogens with zero attached hydrogens (tertiary/aromatic N) is 2. The second kappa shape index (κ2) is 4.28. The van der Waals surface area contributed by atoms with E-state index in [0.29, 0.717) is 12.3 Å². The maximum Gasteiger partial charge on any atom is 0.289 e. The van der Waals surface area contributed by atoms with Crippen molar-refractivity contribution in [1.29, 1.82) is 0 Å². The Labute approximate surface area is 95.2 Å². The van der Waals surface area contributed by atoms with Crippen molar-refractivity contribution in [2.75, 3.05) is 0 Å². The molecule has 1 N–H and O–H groups in total. The number of fused-ring (bicyclic) bond motifs is 1. The third-order valence-corrected chi connectivity index (χ3v) is 5.17. The van der Waals surface area contributed by atoms with Gasteiger partial charge in [-0.05, 0) is 24.7 Å². The predicted molar refractivity (Wildman–Crippen MR) is 58.6 cm³/mol. The average molecular weight is 244 g/mol. The lowest BCUT2D eigenvalue weighted by molar-refractivity contribution is -0.0184. The van der Waals surface area contributed by atoms with Gasteiger partial charge < -0.3 is 5.53 Å². The fourth-order valence-electron chi connectivity index (χ4n) is 3.22. The van der Waals surface area contributed by atoms with E-state index in [1.165, 1.54) is 0 Å². The minimum Gasteiger partial charge on any atom is -0.362 e. The van der Waals surface area contributed by atoms with Gasteiger partial charge in [-0.1, -0.05) is 19.3 Å². The quantitative estimate of drug-likeness (QED) is 0.430. The molecule has 0 radical (unpaired) electrons. The lowest BCUT2D eigenvalue weighted by Crippen LogP contribution is -2.46. The van der Waals surface area contributed by atoms with Crippen LogP contribution in [0.1, 0.15) is 38.5 Å². The molecule has 0 saturated heterocycles. The van der Waals surface area contributed by atoms with Crippen LogP contribution in [0, 0.1) is 11.8 Å². The van der Waals surface area contributed by atoms with Crippen molar-refractivity contribution >= 4 is 15.8 Å². The van der Waals surface area contributed by atoms with Crippen LogP contribution in [-0.4, -0.2) is 28.7 Å². The molecule has 2 saturated carbocycles. The van der Waals surface area contributed by atoms with Crippen LogP contribution in [0.25, 0.3) is 5.53 Å². The molecule has 2 rings (SSSR count). The predicted octanol–water partition coefficient (Wildman–Crippen LogP) is 1.51. The molecule has 0 spiro atoms. The minimum atomic E-state index is -4.15. The van der Waals surface area contributed by atoms with Gasteiger partial charge in [-0.3, -0.25) is 4.55 Å². The molecule has 2 aliphatic rings. The molecule has 6 heteroatoms. The Hall–Kier alpha value is -0.710. The highest BCUT2D eigenvalue weighted by atomic mass is 32.2. The first-order valence-electron chi connectivity index (χ1n) is 5.71. The summed E-state index contributed by atoms with van der Waals surface area (Å²) in [5.74, 6) is 0.287. The molecule has 0 aliphatic heterocycles. The van der Waals surface area contributed by atoms with E-state index in [0.717, 1.165) is 32.1 Å². The molecule has 0 aromatic carbocycles. The third-order valence-electron chi connectivity index (χ3n) is 3.91. The van der Waals surface area contributed by atoms with Crippen LogP contribution in [-0.2, 0) is 10.1 Å². The maximum absolute atomic E-state index is 11.4. The van der Waals surface area contributed by atoms with Crippen LogP contribution < -0.4 is 0 Å².